The number of aryl methyl sites for hydroxylation is 1. The van der Waals surface area contributed by atoms with Crippen molar-refractivity contribution < 1.29 is 0 Å². The van der Waals surface area contributed by atoms with Gasteiger partial charge in [-0.1, -0.05) is 6.92 Å². The lowest BCUT2D eigenvalue weighted by Gasteiger charge is -2.17. The summed E-state index contributed by atoms with van der Waals surface area (Å²) in [4.78, 5) is 5.84. The summed E-state index contributed by atoms with van der Waals surface area (Å²) in [7, 11) is 0. The third-order valence-corrected chi connectivity index (χ3v) is 4.77. The first-order valence-corrected chi connectivity index (χ1v) is 8.07. The second kappa shape index (κ2) is 6.50. The maximum atomic E-state index is 4.50. The van der Waals surface area contributed by atoms with Crippen LogP contribution >= 0.6 is 11.3 Å². The quantitative estimate of drug-likeness (QED) is 0.878. The average Bonchev–Trinajstić information content (AvgIpc) is 3.07. The molecule has 0 spiro atoms. The molecule has 0 aliphatic heterocycles. The molecule has 0 amide bonds. The molecule has 0 aliphatic carbocycles. The van der Waals surface area contributed by atoms with Crippen LogP contribution in [0.4, 0.5) is 0 Å². The minimum absolute atomic E-state index is 0.262. The number of hydrogen-bond donors (Lipinski definition) is 1. The predicted molar refractivity (Wildman–Crippen MR) is 84.1 cm³/mol. The van der Waals surface area contributed by atoms with E-state index >= 15 is 0 Å². The van der Waals surface area contributed by atoms with Gasteiger partial charge >= 0.3 is 0 Å². The van der Waals surface area contributed by atoms with E-state index in [4.69, 9.17) is 0 Å². The fourth-order valence-corrected chi connectivity index (χ4v) is 2.96. The number of aromatic nitrogens is 3. The van der Waals surface area contributed by atoms with Gasteiger partial charge in [-0.25, -0.2) is 4.98 Å². The summed E-state index contributed by atoms with van der Waals surface area (Å²) in [6.07, 6.45) is 7.11. The normalized spacial score (nSPS) is 14.7. The van der Waals surface area contributed by atoms with E-state index < -0.39 is 0 Å². The van der Waals surface area contributed by atoms with Gasteiger partial charge in [-0.15, -0.1) is 11.3 Å². The Balaban J connectivity index is 2.00. The Morgan fingerprint density at radius 1 is 1.20 bits per heavy atom. The second-order valence-corrected chi connectivity index (χ2v) is 6.62. The molecule has 0 bridgehead atoms. The molecule has 2 aromatic heterocycles. The largest absolute Gasteiger partial charge is 0.301 e. The molecule has 2 atom stereocenters. The SMILES string of the molecule is CCc1cnc(C(C)NC(C)c2cnn(C(C)C)c2)s1. The summed E-state index contributed by atoms with van der Waals surface area (Å²) in [5.74, 6) is 0. The minimum Gasteiger partial charge on any atom is -0.301 e. The topological polar surface area (TPSA) is 42.7 Å². The Bertz CT molecular complexity index is 544. The molecule has 0 saturated heterocycles. The maximum absolute atomic E-state index is 4.50. The lowest BCUT2D eigenvalue weighted by Crippen LogP contribution is -2.22. The van der Waals surface area contributed by atoms with Gasteiger partial charge in [0.15, 0.2) is 0 Å². The van der Waals surface area contributed by atoms with E-state index in [-0.39, 0.29) is 12.1 Å². The summed E-state index contributed by atoms with van der Waals surface area (Å²) < 4.78 is 2.00. The van der Waals surface area contributed by atoms with Gasteiger partial charge in [0, 0.05) is 34.9 Å². The highest BCUT2D eigenvalue weighted by Gasteiger charge is 2.15. The van der Waals surface area contributed by atoms with Crippen LogP contribution in [0, 0.1) is 0 Å². The zero-order valence-electron chi connectivity index (χ0n) is 12.9. The first kappa shape index (κ1) is 15.2. The van der Waals surface area contributed by atoms with Crippen LogP contribution in [0.15, 0.2) is 18.6 Å². The van der Waals surface area contributed by atoms with Crippen LogP contribution in [0.5, 0.6) is 0 Å². The van der Waals surface area contributed by atoms with Crippen molar-refractivity contribution in [2.75, 3.05) is 0 Å². The molecule has 5 heteroatoms. The van der Waals surface area contributed by atoms with Crippen LogP contribution < -0.4 is 5.32 Å². The van der Waals surface area contributed by atoms with E-state index in [1.807, 2.05) is 17.1 Å². The second-order valence-electron chi connectivity index (χ2n) is 5.48. The number of nitrogens with zero attached hydrogens (tertiary/aromatic N) is 3. The smallest absolute Gasteiger partial charge is 0.109 e. The van der Waals surface area contributed by atoms with Gasteiger partial charge in [0.1, 0.15) is 5.01 Å². The fraction of sp³-hybridized carbons (Fsp3) is 0.600. The Labute approximate surface area is 125 Å². The molecule has 0 aliphatic rings. The van der Waals surface area contributed by atoms with Crippen molar-refractivity contribution in [3.63, 3.8) is 0 Å². The van der Waals surface area contributed by atoms with E-state index in [9.17, 15) is 0 Å². The predicted octanol–water partition coefficient (Wildman–Crippen LogP) is 3.89. The standard InChI is InChI=1S/C15H24N4S/c1-6-14-8-16-15(20-14)12(5)18-11(4)13-7-17-19(9-13)10(2)3/h7-12,18H,6H2,1-5H3. The molecule has 0 saturated carbocycles. The molecule has 2 heterocycles. The molecule has 1 N–H and O–H groups in total. The van der Waals surface area contributed by atoms with Crippen LogP contribution in [0.3, 0.4) is 0 Å². The lowest BCUT2D eigenvalue weighted by atomic mass is 10.1. The summed E-state index contributed by atoms with van der Waals surface area (Å²) >= 11 is 1.79. The molecule has 20 heavy (non-hydrogen) atoms. The van der Waals surface area contributed by atoms with Crippen LogP contribution in [0.2, 0.25) is 0 Å². The van der Waals surface area contributed by atoms with Crippen molar-refractivity contribution in [1.29, 1.82) is 0 Å². The maximum Gasteiger partial charge on any atom is 0.109 e. The van der Waals surface area contributed by atoms with E-state index in [2.05, 4.69) is 56.2 Å². The fourth-order valence-electron chi connectivity index (χ4n) is 2.09. The average molecular weight is 292 g/mol. The summed E-state index contributed by atoms with van der Waals surface area (Å²) in [6, 6.07) is 0.934. The molecule has 2 unspecified atom stereocenters. The first-order valence-electron chi connectivity index (χ1n) is 7.26. The van der Waals surface area contributed by atoms with Crippen LogP contribution in [-0.4, -0.2) is 14.8 Å². The van der Waals surface area contributed by atoms with Crippen molar-refractivity contribution in [3.8, 4) is 0 Å². The monoisotopic (exact) mass is 292 g/mol. The molecular weight excluding hydrogens is 268 g/mol. The molecule has 0 fully saturated rings. The van der Waals surface area contributed by atoms with Crippen molar-refractivity contribution in [2.45, 2.75) is 59.2 Å². The highest BCUT2D eigenvalue weighted by atomic mass is 32.1. The van der Waals surface area contributed by atoms with E-state index in [0.29, 0.717) is 6.04 Å². The van der Waals surface area contributed by atoms with Gasteiger partial charge in [0.05, 0.1) is 12.2 Å². The van der Waals surface area contributed by atoms with Gasteiger partial charge < -0.3 is 5.32 Å². The third kappa shape index (κ3) is 3.46. The van der Waals surface area contributed by atoms with Crippen LogP contribution in [-0.2, 0) is 6.42 Å². The lowest BCUT2D eigenvalue weighted by molar-refractivity contribution is 0.490. The zero-order valence-corrected chi connectivity index (χ0v) is 13.7. The van der Waals surface area contributed by atoms with Crippen molar-refractivity contribution in [2.24, 2.45) is 0 Å². The van der Waals surface area contributed by atoms with Gasteiger partial charge in [-0.3, -0.25) is 4.68 Å². The zero-order chi connectivity index (χ0) is 14.7. The molecule has 2 rings (SSSR count). The molecule has 110 valence electrons. The molecule has 2 aromatic rings. The highest BCUT2D eigenvalue weighted by molar-refractivity contribution is 7.11. The van der Waals surface area contributed by atoms with E-state index in [1.54, 1.807) is 11.3 Å². The van der Waals surface area contributed by atoms with E-state index in [1.165, 1.54) is 10.4 Å². The third-order valence-electron chi connectivity index (χ3n) is 3.44. The summed E-state index contributed by atoms with van der Waals surface area (Å²) in [5, 5.41) is 9.15. The molecule has 0 aromatic carbocycles. The van der Waals surface area contributed by atoms with E-state index in [0.717, 1.165) is 11.4 Å². The first-order chi connectivity index (χ1) is 9.51. The molecule has 0 radical (unpaired) electrons. The Morgan fingerprint density at radius 3 is 2.50 bits per heavy atom. The Morgan fingerprint density at radius 2 is 1.95 bits per heavy atom. The highest BCUT2D eigenvalue weighted by Crippen LogP contribution is 2.23. The van der Waals surface area contributed by atoms with Crippen molar-refractivity contribution >= 4 is 11.3 Å². The summed E-state index contributed by atoms with van der Waals surface area (Å²) in [5.41, 5.74) is 1.22. The van der Waals surface area contributed by atoms with Gasteiger partial charge in [0.25, 0.3) is 0 Å². The minimum atomic E-state index is 0.262. The number of nitrogens with one attached hydrogen (secondary N) is 1. The number of hydrogen-bond acceptors (Lipinski definition) is 4. The van der Waals surface area contributed by atoms with Gasteiger partial charge in [-0.05, 0) is 34.1 Å². The Hall–Kier alpha value is -1.20. The number of thiazole rings is 1. The van der Waals surface area contributed by atoms with Gasteiger partial charge in [0.2, 0.25) is 0 Å². The molecule has 4 nitrogen and oxygen atoms in total. The Kier molecular flexibility index (Phi) is 4.94. The summed E-state index contributed by atoms with van der Waals surface area (Å²) in [6.45, 7) is 10.8. The molecular formula is C15H24N4S. The van der Waals surface area contributed by atoms with Gasteiger partial charge in [-0.2, -0.15) is 5.10 Å². The van der Waals surface area contributed by atoms with Crippen LogP contribution in [0.25, 0.3) is 0 Å². The van der Waals surface area contributed by atoms with Crippen molar-refractivity contribution in [1.82, 2.24) is 20.1 Å². The van der Waals surface area contributed by atoms with Crippen molar-refractivity contribution in [3.05, 3.63) is 34.0 Å². The number of rotatable bonds is 6. The van der Waals surface area contributed by atoms with Crippen LogP contribution in [0.1, 0.15) is 68.2 Å².